The Hall–Kier alpha value is -0.130. The van der Waals surface area contributed by atoms with Gasteiger partial charge < -0.3 is 5.32 Å². The third-order valence-electron chi connectivity index (χ3n) is 2.79. The predicted molar refractivity (Wildman–Crippen MR) is 66.9 cm³/mol. The summed E-state index contributed by atoms with van der Waals surface area (Å²) in [6.07, 6.45) is 2.94. The summed E-state index contributed by atoms with van der Waals surface area (Å²) in [6.45, 7) is 7.08. The first-order valence-corrected chi connectivity index (χ1v) is 7.77. The molecule has 2 atom stereocenters. The average Bonchev–Trinajstić information content (AvgIpc) is 2.51. The zero-order chi connectivity index (χ0) is 12.2. The third kappa shape index (κ3) is 5.27. The van der Waals surface area contributed by atoms with E-state index in [2.05, 4.69) is 23.9 Å². The molecule has 0 saturated carbocycles. The lowest BCUT2D eigenvalue weighted by atomic mass is 10.1. The van der Waals surface area contributed by atoms with Gasteiger partial charge in [-0.2, -0.15) is 0 Å². The van der Waals surface area contributed by atoms with Crippen LogP contribution in [0.4, 0.5) is 0 Å². The summed E-state index contributed by atoms with van der Waals surface area (Å²) in [5, 5.41) is 3.21. The molecule has 2 N–H and O–H groups in total. The molecule has 1 saturated heterocycles. The van der Waals surface area contributed by atoms with Crippen LogP contribution in [0.5, 0.6) is 0 Å². The highest BCUT2D eigenvalue weighted by Gasteiger charge is 2.23. The maximum Gasteiger partial charge on any atom is 0.213 e. The van der Waals surface area contributed by atoms with Crippen molar-refractivity contribution in [3.8, 4) is 0 Å². The molecule has 1 aliphatic rings. The summed E-state index contributed by atoms with van der Waals surface area (Å²) < 4.78 is 26.4. The Morgan fingerprint density at radius 2 is 2.06 bits per heavy atom. The average molecular weight is 248 g/mol. The van der Waals surface area contributed by atoms with Crippen molar-refractivity contribution < 1.29 is 8.42 Å². The van der Waals surface area contributed by atoms with Crippen LogP contribution in [0.3, 0.4) is 0 Å². The number of rotatable bonds is 6. The van der Waals surface area contributed by atoms with Gasteiger partial charge >= 0.3 is 0 Å². The molecule has 0 aromatic rings. The molecule has 4 nitrogen and oxygen atoms in total. The first-order valence-electron chi connectivity index (χ1n) is 6.12. The molecule has 0 spiro atoms. The molecule has 0 bridgehead atoms. The van der Waals surface area contributed by atoms with Crippen LogP contribution in [-0.4, -0.2) is 32.8 Å². The minimum Gasteiger partial charge on any atom is -0.313 e. The molecule has 1 fully saturated rings. The molecule has 2 unspecified atom stereocenters. The smallest absolute Gasteiger partial charge is 0.213 e. The zero-order valence-electron chi connectivity index (χ0n) is 10.5. The Morgan fingerprint density at radius 3 is 2.56 bits per heavy atom. The molecule has 1 rings (SSSR count). The van der Waals surface area contributed by atoms with Crippen molar-refractivity contribution in [2.24, 2.45) is 5.92 Å². The fraction of sp³-hybridized carbons (Fsp3) is 1.00. The van der Waals surface area contributed by atoms with Gasteiger partial charge in [-0.3, -0.25) is 0 Å². The van der Waals surface area contributed by atoms with Crippen molar-refractivity contribution in [1.29, 1.82) is 0 Å². The molecule has 16 heavy (non-hydrogen) atoms. The van der Waals surface area contributed by atoms with E-state index in [1.165, 1.54) is 0 Å². The second kappa shape index (κ2) is 5.98. The van der Waals surface area contributed by atoms with Crippen LogP contribution >= 0.6 is 0 Å². The number of hydrogen-bond donors (Lipinski definition) is 2. The summed E-state index contributed by atoms with van der Waals surface area (Å²) in [4.78, 5) is 0. The Bertz CT molecular complexity index is 295. The molecule has 0 aromatic heterocycles. The van der Waals surface area contributed by atoms with E-state index in [1.807, 2.05) is 6.92 Å². The van der Waals surface area contributed by atoms with Gasteiger partial charge in [-0.25, -0.2) is 13.1 Å². The zero-order valence-corrected chi connectivity index (χ0v) is 11.3. The van der Waals surface area contributed by atoms with Gasteiger partial charge in [-0.05, 0) is 38.6 Å². The van der Waals surface area contributed by atoms with Crippen molar-refractivity contribution in [2.45, 2.75) is 52.1 Å². The van der Waals surface area contributed by atoms with E-state index in [9.17, 15) is 8.42 Å². The van der Waals surface area contributed by atoms with Crippen molar-refractivity contribution in [1.82, 2.24) is 10.0 Å². The van der Waals surface area contributed by atoms with Gasteiger partial charge in [0.05, 0.1) is 5.75 Å². The van der Waals surface area contributed by atoms with Gasteiger partial charge in [-0.15, -0.1) is 0 Å². The summed E-state index contributed by atoms with van der Waals surface area (Å²) in [5.41, 5.74) is 0. The summed E-state index contributed by atoms with van der Waals surface area (Å²) >= 11 is 0. The number of hydrogen-bond acceptors (Lipinski definition) is 3. The molecule has 5 heteroatoms. The lowest BCUT2D eigenvalue weighted by Crippen LogP contribution is -2.40. The number of sulfonamides is 1. The second-order valence-electron chi connectivity index (χ2n) is 5.22. The fourth-order valence-electron chi connectivity index (χ4n) is 2.27. The Morgan fingerprint density at radius 1 is 1.38 bits per heavy atom. The normalized spacial score (nSPS) is 23.9. The van der Waals surface area contributed by atoms with Crippen LogP contribution < -0.4 is 10.0 Å². The fourth-order valence-corrected chi connectivity index (χ4v) is 3.89. The lowest BCUT2D eigenvalue weighted by molar-refractivity contribution is 0.479. The van der Waals surface area contributed by atoms with Gasteiger partial charge in [-0.1, -0.05) is 13.8 Å². The van der Waals surface area contributed by atoms with E-state index in [0.29, 0.717) is 5.92 Å². The lowest BCUT2D eigenvalue weighted by Gasteiger charge is -2.18. The van der Waals surface area contributed by atoms with E-state index < -0.39 is 10.0 Å². The van der Waals surface area contributed by atoms with Crippen LogP contribution in [0.1, 0.15) is 40.0 Å². The van der Waals surface area contributed by atoms with Crippen LogP contribution in [0, 0.1) is 5.92 Å². The van der Waals surface area contributed by atoms with Crippen molar-refractivity contribution in [2.75, 3.05) is 12.3 Å². The van der Waals surface area contributed by atoms with E-state index in [-0.39, 0.29) is 17.8 Å². The SMILES string of the molecule is CC(C)CC(C)NS(=O)(=O)CC1CCCN1. The summed E-state index contributed by atoms with van der Waals surface area (Å²) in [5.74, 6) is 0.734. The molecule has 96 valence electrons. The third-order valence-corrected chi connectivity index (χ3v) is 4.39. The van der Waals surface area contributed by atoms with Gasteiger partial charge in [0.25, 0.3) is 0 Å². The standard InChI is InChI=1S/C11H24N2O2S/c1-9(2)7-10(3)13-16(14,15)8-11-5-4-6-12-11/h9-13H,4-8H2,1-3H3. The molecular formula is C11H24N2O2S. The molecular weight excluding hydrogens is 224 g/mol. The minimum absolute atomic E-state index is 0.0337. The maximum atomic E-state index is 11.8. The topological polar surface area (TPSA) is 58.2 Å². The highest BCUT2D eigenvalue weighted by molar-refractivity contribution is 7.89. The van der Waals surface area contributed by atoms with Gasteiger partial charge in [0.1, 0.15) is 0 Å². The summed E-state index contributed by atoms with van der Waals surface area (Å²) in [7, 11) is -3.12. The van der Waals surface area contributed by atoms with Gasteiger partial charge in [0, 0.05) is 12.1 Å². The van der Waals surface area contributed by atoms with E-state index in [0.717, 1.165) is 25.8 Å². The molecule has 1 heterocycles. The largest absolute Gasteiger partial charge is 0.313 e. The Balaban J connectivity index is 2.38. The van der Waals surface area contributed by atoms with Crippen LogP contribution in [0.2, 0.25) is 0 Å². The molecule has 0 aliphatic carbocycles. The van der Waals surface area contributed by atoms with Gasteiger partial charge in [0.15, 0.2) is 0 Å². The van der Waals surface area contributed by atoms with E-state index in [4.69, 9.17) is 0 Å². The van der Waals surface area contributed by atoms with Crippen molar-refractivity contribution in [3.05, 3.63) is 0 Å². The van der Waals surface area contributed by atoms with Crippen LogP contribution in [-0.2, 0) is 10.0 Å². The maximum absolute atomic E-state index is 11.8. The molecule has 0 amide bonds. The van der Waals surface area contributed by atoms with Crippen molar-refractivity contribution in [3.63, 3.8) is 0 Å². The monoisotopic (exact) mass is 248 g/mol. The number of nitrogens with one attached hydrogen (secondary N) is 2. The van der Waals surface area contributed by atoms with Crippen molar-refractivity contribution >= 4 is 10.0 Å². The van der Waals surface area contributed by atoms with E-state index in [1.54, 1.807) is 0 Å². The van der Waals surface area contributed by atoms with Gasteiger partial charge in [0.2, 0.25) is 10.0 Å². The molecule has 1 aliphatic heterocycles. The molecule has 0 radical (unpaired) electrons. The summed E-state index contributed by atoms with van der Waals surface area (Å²) in [6, 6.07) is 0.176. The first kappa shape index (κ1) is 13.9. The minimum atomic E-state index is -3.12. The highest BCUT2D eigenvalue weighted by atomic mass is 32.2. The van der Waals surface area contributed by atoms with Crippen LogP contribution in [0.25, 0.3) is 0 Å². The molecule has 0 aromatic carbocycles. The quantitative estimate of drug-likeness (QED) is 0.740. The Kier molecular flexibility index (Phi) is 5.21. The Labute approximate surface area is 99.2 Å². The second-order valence-corrected chi connectivity index (χ2v) is 7.02. The van der Waals surface area contributed by atoms with Crippen LogP contribution in [0.15, 0.2) is 0 Å². The highest BCUT2D eigenvalue weighted by Crippen LogP contribution is 2.09. The van der Waals surface area contributed by atoms with E-state index >= 15 is 0 Å². The predicted octanol–water partition coefficient (Wildman–Crippen LogP) is 1.09. The first-order chi connectivity index (χ1) is 7.39.